The van der Waals surface area contributed by atoms with Gasteiger partial charge in [-0.3, -0.25) is 0 Å². The van der Waals surface area contributed by atoms with Crippen LogP contribution >= 0.6 is 8.60 Å². The van der Waals surface area contributed by atoms with E-state index in [0.717, 1.165) is 12.2 Å². The highest BCUT2D eigenvalue weighted by atomic mass is 31.2. The highest BCUT2D eigenvalue weighted by Crippen LogP contribution is 2.43. The Bertz CT molecular complexity index is 652. The van der Waals surface area contributed by atoms with Crippen molar-refractivity contribution in [2.45, 2.75) is 6.42 Å². The van der Waals surface area contributed by atoms with Crippen LogP contribution in [0.2, 0.25) is 0 Å². The van der Waals surface area contributed by atoms with Crippen LogP contribution in [0.25, 0.3) is 0 Å². The van der Waals surface area contributed by atoms with Gasteiger partial charge >= 0.3 is 8.60 Å². The molecule has 0 unspecified atom stereocenters. The summed E-state index contributed by atoms with van der Waals surface area (Å²) >= 11 is 0. The molecule has 3 rings (SSSR count). The van der Waals surface area contributed by atoms with E-state index in [4.69, 9.17) is 13.6 Å². The van der Waals surface area contributed by atoms with Crippen LogP contribution in [-0.2, 0) is 4.52 Å². The van der Waals surface area contributed by atoms with Gasteiger partial charge in [0.05, 0.1) is 0 Å². The first-order valence-corrected chi connectivity index (χ1v) is 8.47. The van der Waals surface area contributed by atoms with Crippen molar-refractivity contribution in [2.24, 2.45) is 0 Å². The Morgan fingerprint density at radius 2 is 1.30 bits per heavy atom. The summed E-state index contributed by atoms with van der Waals surface area (Å²) in [7, 11) is -1.60. The Hall–Kier alpha value is -2.51. The molecule has 116 valence electrons. The van der Waals surface area contributed by atoms with E-state index in [2.05, 4.69) is 6.08 Å². The standard InChI is InChI=1S/C19H17O3P/c1-2-6-12-17(11-5-1)20-23(21-18-13-7-3-8-14-18)22-19-15-9-4-10-16-19/h1,3-16H,2H2. The summed E-state index contributed by atoms with van der Waals surface area (Å²) in [6.45, 7) is 0. The average molecular weight is 324 g/mol. The summed E-state index contributed by atoms with van der Waals surface area (Å²) in [4.78, 5) is 0. The van der Waals surface area contributed by atoms with Gasteiger partial charge in [-0.05, 0) is 42.8 Å². The fourth-order valence-electron chi connectivity index (χ4n) is 1.90. The molecule has 0 N–H and O–H groups in total. The molecule has 0 saturated heterocycles. The molecule has 0 saturated carbocycles. The van der Waals surface area contributed by atoms with Crippen molar-refractivity contribution in [2.75, 3.05) is 0 Å². The summed E-state index contributed by atoms with van der Waals surface area (Å²) in [5.74, 6) is 2.14. The first-order valence-electron chi connectivity index (χ1n) is 7.38. The minimum atomic E-state index is -1.60. The van der Waals surface area contributed by atoms with E-state index in [1.54, 1.807) is 0 Å². The van der Waals surface area contributed by atoms with Crippen molar-refractivity contribution < 1.29 is 13.6 Å². The van der Waals surface area contributed by atoms with Crippen molar-refractivity contribution >= 4 is 8.60 Å². The molecule has 0 amide bonds. The molecule has 1 aliphatic carbocycles. The molecule has 0 radical (unpaired) electrons. The normalized spacial score (nSPS) is 13.3. The fraction of sp³-hybridized carbons (Fsp3) is 0.0526. The fourth-order valence-corrected chi connectivity index (χ4v) is 2.89. The Balaban J connectivity index is 1.75. The number of hydrogen-bond acceptors (Lipinski definition) is 3. The van der Waals surface area contributed by atoms with E-state index in [9.17, 15) is 0 Å². The Labute approximate surface area is 137 Å². The van der Waals surface area contributed by atoms with Crippen molar-refractivity contribution in [3.63, 3.8) is 0 Å². The van der Waals surface area contributed by atoms with Crippen LogP contribution in [0.15, 0.2) is 96.8 Å². The smallest absolute Gasteiger partial charge is 0.409 e. The molecule has 0 atom stereocenters. The molecule has 3 nitrogen and oxygen atoms in total. The largest absolute Gasteiger partial charge is 0.530 e. The van der Waals surface area contributed by atoms with E-state index in [1.165, 1.54) is 0 Å². The van der Waals surface area contributed by atoms with Crippen LogP contribution in [0.3, 0.4) is 0 Å². The van der Waals surface area contributed by atoms with Gasteiger partial charge in [0.1, 0.15) is 17.3 Å². The highest BCUT2D eigenvalue weighted by molar-refractivity contribution is 7.42. The second-order valence-electron chi connectivity index (χ2n) is 4.76. The monoisotopic (exact) mass is 324 g/mol. The van der Waals surface area contributed by atoms with Crippen LogP contribution in [0, 0.1) is 0 Å². The first kappa shape index (κ1) is 15.4. The lowest BCUT2D eigenvalue weighted by atomic mass is 10.3. The second kappa shape index (κ2) is 8.21. The molecular formula is C19H17O3P. The second-order valence-corrected chi connectivity index (χ2v) is 5.75. The van der Waals surface area contributed by atoms with E-state index >= 15 is 0 Å². The third-order valence-corrected chi connectivity index (χ3v) is 4.06. The lowest BCUT2D eigenvalue weighted by Crippen LogP contribution is -1.99. The Kier molecular flexibility index (Phi) is 5.49. The Morgan fingerprint density at radius 1 is 0.696 bits per heavy atom. The molecule has 0 aliphatic heterocycles. The zero-order valence-corrected chi connectivity index (χ0v) is 13.4. The molecule has 0 spiro atoms. The molecule has 0 heterocycles. The van der Waals surface area contributed by atoms with Crippen molar-refractivity contribution in [1.29, 1.82) is 0 Å². The van der Waals surface area contributed by atoms with Gasteiger partial charge in [-0.1, -0.05) is 54.6 Å². The molecule has 4 heteroatoms. The SMILES string of the molecule is C1=CCC=CC(OP(Oc2ccccc2)Oc2ccccc2)=C1. The van der Waals surface area contributed by atoms with Gasteiger partial charge in [0.2, 0.25) is 0 Å². The van der Waals surface area contributed by atoms with Gasteiger partial charge in [0.15, 0.2) is 0 Å². The predicted octanol–water partition coefficient (Wildman–Crippen LogP) is 5.79. The molecule has 23 heavy (non-hydrogen) atoms. The van der Waals surface area contributed by atoms with E-state index in [0.29, 0.717) is 11.5 Å². The molecule has 1 aliphatic rings. The van der Waals surface area contributed by atoms with Crippen molar-refractivity contribution in [1.82, 2.24) is 0 Å². The minimum absolute atomic E-state index is 0.711. The van der Waals surface area contributed by atoms with Crippen LogP contribution in [0.1, 0.15) is 6.42 Å². The van der Waals surface area contributed by atoms with Crippen molar-refractivity contribution in [3.05, 3.63) is 96.8 Å². The highest BCUT2D eigenvalue weighted by Gasteiger charge is 2.20. The van der Waals surface area contributed by atoms with Gasteiger partial charge in [0, 0.05) is 0 Å². The molecule has 0 bridgehead atoms. The van der Waals surface area contributed by atoms with Crippen LogP contribution in [-0.4, -0.2) is 0 Å². The van der Waals surface area contributed by atoms with Gasteiger partial charge in [-0.15, -0.1) is 0 Å². The molecule has 0 fully saturated rings. The summed E-state index contributed by atoms with van der Waals surface area (Å²) in [5.41, 5.74) is 0. The number of rotatable bonds is 6. The number of para-hydroxylation sites is 2. The topological polar surface area (TPSA) is 27.7 Å². The van der Waals surface area contributed by atoms with E-state index < -0.39 is 8.60 Å². The Morgan fingerprint density at radius 3 is 1.91 bits per heavy atom. The van der Waals surface area contributed by atoms with Crippen LogP contribution < -0.4 is 9.05 Å². The number of allylic oxidation sites excluding steroid dienone is 5. The lowest BCUT2D eigenvalue weighted by Gasteiger charge is -2.18. The maximum Gasteiger partial charge on any atom is 0.530 e. The van der Waals surface area contributed by atoms with Gasteiger partial charge in [-0.25, -0.2) is 0 Å². The van der Waals surface area contributed by atoms with Crippen molar-refractivity contribution in [3.8, 4) is 11.5 Å². The van der Waals surface area contributed by atoms with Crippen LogP contribution in [0.4, 0.5) is 0 Å². The average Bonchev–Trinajstić information content (AvgIpc) is 2.85. The summed E-state index contributed by atoms with van der Waals surface area (Å²) in [6, 6.07) is 19.1. The van der Waals surface area contributed by atoms with Gasteiger partial charge in [-0.2, -0.15) is 0 Å². The lowest BCUT2D eigenvalue weighted by molar-refractivity contribution is 0.340. The minimum Gasteiger partial charge on any atom is -0.409 e. The molecule has 0 aromatic heterocycles. The van der Waals surface area contributed by atoms with Crippen LogP contribution in [0.5, 0.6) is 11.5 Å². The molecular weight excluding hydrogens is 307 g/mol. The summed E-state index contributed by atoms with van der Waals surface area (Å²) in [5, 5.41) is 0. The zero-order valence-electron chi connectivity index (χ0n) is 12.5. The first-order chi connectivity index (χ1) is 11.4. The maximum atomic E-state index is 5.92. The zero-order chi connectivity index (χ0) is 15.7. The van der Waals surface area contributed by atoms with E-state index in [1.807, 2.05) is 85.0 Å². The maximum absolute atomic E-state index is 5.92. The number of benzene rings is 2. The van der Waals surface area contributed by atoms with Gasteiger partial charge in [0.25, 0.3) is 0 Å². The number of hydrogen-bond donors (Lipinski definition) is 0. The summed E-state index contributed by atoms with van der Waals surface area (Å²) in [6.07, 6.45) is 10.8. The van der Waals surface area contributed by atoms with Gasteiger partial charge < -0.3 is 13.6 Å². The molecule has 2 aromatic carbocycles. The predicted molar refractivity (Wildman–Crippen MR) is 93.1 cm³/mol. The summed E-state index contributed by atoms with van der Waals surface area (Å²) < 4.78 is 17.7. The quantitative estimate of drug-likeness (QED) is 0.630. The molecule has 2 aromatic rings. The van der Waals surface area contributed by atoms with E-state index in [-0.39, 0.29) is 0 Å². The third-order valence-electron chi connectivity index (χ3n) is 2.98. The third kappa shape index (κ3) is 5.01.